The molecular formula is C28H38N2O3. The second-order valence-electron chi connectivity index (χ2n) is 9.20. The van der Waals surface area contributed by atoms with E-state index in [9.17, 15) is 9.59 Å². The van der Waals surface area contributed by atoms with Crippen LogP contribution in [0.2, 0.25) is 0 Å². The third kappa shape index (κ3) is 6.83. The van der Waals surface area contributed by atoms with Gasteiger partial charge in [-0.15, -0.1) is 0 Å². The highest BCUT2D eigenvalue weighted by Crippen LogP contribution is 2.27. The lowest BCUT2D eigenvalue weighted by Gasteiger charge is -2.30. The van der Waals surface area contributed by atoms with E-state index in [0.29, 0.717) is 43.3 Å². The fourth-order valence-corrected chi connectivity index (χ4v) is 4.40. The molecule has 0 saturated carbocycles. The van der Waals surface area contributed by atoms with E-state index in [1.165, 1.54) is 0 Å². The number of nitrogens with zero attached hydrogens (tertiary/aromatic N) is 2. The highest BCUT2D eigenvalue weighted by atomic mass is 16.5. The lowest BCUT2D eigenvalue weighted by Crippen LogP contribution is -2.36. The largest absolute Gasteiger partial charge is 0.493 e. The maximum absolute atomic E-state index is 13.6. The summed E-state index contributed by atoms with van der Waals surface area (Å²) in [5, 5.41) is 0. The summed E-state index contributed by atoms with van der Waals surface area (Å²) in [7, 11) is 0. The number of carbonyl (C=O) groups excluding carboxylic acids is 2. The Morgan fingerprint density at radius 2 is 1.58 bits per heavy atom. The zero-order valence-electron chi connectivity index (χ0n) is 20.4. The Bertz CT molecular complexity index is 925. The van der Waals surface area contributed by atoms with Gasteiger partial charge in [0.1, 0.15) is 5.75 Å². The number of para-hydroxylation sites is 2. The maximum Gasteiger partial charge on any atom is 0.257 e. The van der Waals surface area contributed by atoms with Gasteiger partial charge in [-0.25, -0.2) is 0 Å². The summed E-state index contributed by atoms with van der Waals surface area (Å²) in [4.78, 5) is 30.7. The number of fused-ring (bicyclic) bond motifs is 1. The quantitative estimate of drug-likeness (QED) is 0.555. The fraction of sp³-hybridized carbons (Fsp3) is 0.500. The molecule has 0 unspecified atom stereocenters. The molecule has 0 aromatic heterocycles. The van der Waals surface area contributed by atoms with Crippen LogP contribution < -0.4 is 9.64 Å². The van der Waals surface area contributed by atoms with Crippen LogP contribution in [0, 0.1) is 5.92 Å². The minimum atomic E-state index is -0.0223. The van der Waals surface area contributed by atoms with Crippen molar-refractivity contribution >= 4 is 17.5 Å². The molecule has 0 fully saturated rings. The molecule has 2 aromatic carbocycles. The van der Waals surface area contributed by atoms with E-state index in [1.807, 2.05) is 65.3 Å². The van der Waals surface area contributed by atoms with E-state index in [1.54, 1.807) is 0 Å². The van der Waals surface area contributed by atoms with Gasteiger partial charge in [-0.2, -0.15) is 0 Å². The van der Waals surface area contributed by atoms with Gasteiger partial charge in [0.2, 0.25) is 5.91 Å². The van der Waals surface area contributed by atoms with Crippen LogP contribution in [0.1, 0.15) is 75.2 Å². The monoisotopic (exact) mass is 450 g/mol. The number of benzene rings is 2. The molecule has 0 saturated heterocycles. The zero-order valence-corrected chi connectivity index (χ0v) is 20.4. The van der Waals surface area contributed by atoms with Gasteiger partial charge < -0.3 is 14.5 Å². The van der Waals surface area contributed by atoms with Gasteiger partial charge in [0.25, 0.3) is 5.91 Å². The van der Waals surface area contributed by atoms with Gasteiger partial charge in [0.05, 0.1) is 12.2 Å². The number of hydrogen-bond acceptors (Lipinski definition) is 3. The van der Waals surface area contributed by atoms with Crippen LogP contribution in [0.25, 0.3) is 0 Å². The first kappa shape index (κ1) is 24.8. The second kappa shape index (κ2) is 12.4. The van der Waals surface area contributed by atoms with Crippen LogP contribution in [0.15, 0.2) is 48.5 Å². The number of hydrogen-bond donors (Lipinski definition) is 0. The SMILES string of the molecule is CCOc1ccccc1C(=O)N1CCCCCCCN(C(=O)CC(C)C)c2ccccc2C1. The van der Waals surface area contributed by atoms with Crippen molar-refractivity contribution in [2.24, 2.45) is 5.92 Å². The molecule has 0 radical (unpaired) electrons. The molecule has 178 valence electrons. The molecule has 0 N–H and O–H groups in total. The predicted octanol–water partition coefficient (Wildman–Crippen LogP) is 6.07. The van der Waals surface area contributed by atoms with Crippen molar-refractivity contribution in [1.29, 1.82) is 0 Å². The van der Waals surface area contributed by atoms with Crippen LogP contribution in [-0.4, -0.2) is 36.4 Å². The summed E-state index contributed by atoms with van der Waals surface area (Å²) in [5.41, 5.74) is 2.54. The Morgan fingerprint density at radius 3 is 2.33 bits per heavy atom. The number of anilines is 1. The molecule has 1 heterocycles. The summed E-state index contributed by atoms with van der Waals surface area (Å²) in [5.74, 6) is 1.07. The normalized spacial score (nSPS) is 15.4. The van der Waals surface area contributed by atoms with Crippen molar-refractivity contribution in [2.75, 3.05) is 24.6 Å². The van der Waals surface area contributed by atoms with Crippen molar-refractivity contribution in [3.05, 3.63) is 59.7 Å². The Hall–Kier alpha value is -2.82. The van der Waals surface area contributed by atoms with Crippen LogP contribution >= 0.6 is 0 Å². The van der Waals surface area contributed by atoms with Gasteiger partial charge in [-0.1, -0.05) is 63.4 Å². The molecule has 1 aliphatic heterocycles. The first-order chi connectivity index (χ1) is 16.0. The summed E-state index contributed by atoms with van der Waals surface area (Å²) < 4.78 is 5.74. The maximum atomic E-state index is 13.6. The van der Waals surface area contributed by atoms with Crippen LogP contribution in [0.4, 0.5) is 5.69 Å². The van der Waals surface area contributed by atoms with Gasteiger partial charge in [0, 0.05) is 31.7 Å². The molecule has 2 amide bonds. The van der Waals surface area contributed by atoms with E-state index in [4.69, 9.17) is 4.74 Å². The molecule has 0 aliphatic carbocycles. The first-order valence-electron chi connectivity index (χ1n) is 12.4. The van der Waals surface area contributed by atoms with E-state index >= 15 is 0 Å². The number of amides is 2. The minimum absolute atomic E-state index is 0.0223. The van der Waals surface area contributed by atoms with E-state index in [2.05, 4.69) is 13.8 Å². The molecule has 33 heavy (non-hydrogen) atoms. The lowest BCUT2D eigenvalue weighted by molar-refractivity contribution is -0.119. The van der Waals surface area contributed by atoms with Crippen molar-refractivity contribution in [2.45, 2.75) is 65.8 Å². The Morgan fingerprint density at radius 1 is 0.909 bits per heavy atom. The molecule has 0 atom stereocenters. The Kier molecular flexibility index (Phi) is 9.35. The van der Waals surface area contributed by atoms with Crippen molar-refractivity contribution in [3.63, 3.8) is 0 Å². The van der Waals surface area contributed by atoms with Crippen LogP contribution in [0.5, 0.6) is 5.75 Å². The summed E-state index contributed by atoms with van der Waals surface area (Å²) >= 11 is 0. The molecule has 1 aliphatic rings. The van der Waals surface area contributed by atoms with E-state index in [0.717, 1.165) is 49.9 Å². The second-order valence-corrected chi connectivity index (χ2v) is 9.20. The average Bonchev–Trinajstić information content (AvgIpc) is 2.79. The lowest BCUT2D eigenvalue weighted by atomic mass is 10.0. The Labute approximate surface area is 198 Å². The average molecular weight is 451 g/mol. The van der Waals surface area contributed by atoms with Crippen molar-refractivity contribution in [1.82, 2.24) is 4.90 Å². The van der Waals surface area contributed by atoms with Crippen LogP contribution in [-0.2, 0) is 11.3 Å². The van der Waals surface area contributed by atoms with Crippen molar-refractivity contribution < 1.29 is 14.3 Å². The summed E-state index contributed by atoms with van der Waals surface area (Å²) in [6.07, 6.45) is 5.79. The third-order valence-corrected chi connectivity index (χ3v) is 6.04. The zero-order chi connectivity index (χ0) is 23.6. The summed E-state index contributed by atoms with van der Waals surface area (Å²) in [6, 6.07) is 15.5. The molecule has 3 rings (SSSR count). The first-order valence-corrected chi connectivity index (χ1v) is 12.4. The number of ether oxygens (including phenoxy) is 1. The highest BCUT2D eigenvalue weighted by molar-refractivity contribution is 5.97. The third-order valence-electron chi connectivity index (χ3n) is 6.04. The van der Waals surface area contributed by atoms with Crippen molar-refractivity contribution in [3.8, 4) is 5.75 Å². The predicted molar refractivity (Wildman–Crippen MR) is 134 cm³/mol. The van der Waals surface area contributed by atoms with Gasteiger partial charge in [-0.05, 0) is 49.4 Å². The van der Waals surface area contributed by atoms with Gasteiger partial charge in [0.15, 0.2) is 0 Å². The molecule has 5 heteroatoms. The summed E-state index contributed by atoms with van der Waals surface area (Å²) in [6.45, 7) is 8.49. The number of carbonyl (C=O) groups is 2. The Balaban J connectivity index is 1.96. The van der Waals surface area contributed by atoms with E-state index in [-0.39, 0.29) is 11.8 Å². The highest BCUT2D eigenvalue weighted by Gasteiger charge is 2.24. The fourth-order valence-electron chi connectivity index (χ4n) is 4.40. The standard InChI is InChI=1S/C28H38N2O3/c1-4-33-26-17-11-9-15-24(26)28(32)29-18-12-6-5-7-13-19-30(27(31)20-22(2)3)25-16-10-8-14-23(25)21-29/h8-11,14-17,22H,4-7,12-13,18-21H2,1-3H3. The molecule has 0 spiro atoms. The van der Waals surface area contributed by atoms with Gasteiger partial charge in [-0.3, -0.25) is 9.59 Å². The topological polar surface area (TPSA) is 49.9 Å². The van der Waals surface area contributed by atoms with E-state index < -0.39 is 0 Å². The number of rotatable bonds is 5. The molecule has 0 bridgehead atoms. The smallest absolute Gasteiger partial charge is 0.257 e. The molecule has 5 nitrogen and oxygen atoms in total. The van der Waals surface area contributed by atoms with Crippen LogP contribution in [0.3, 0.4) is 0 Å². The molecule has 2 aromatic rings. The minimum Gasteiger partial charge on any atom is -0.493 e. The molecular weight excluding hydrogens is 412 g/mol. The van der Waals surface area contributed by atoms with Gasteiger partial charge >= 0.3 is 0 Å².